The predicted molar refractivity (Wildman–Crippen MR) is 74.7 cm³/mol. The van der Waals surface area contributed by atoms with Gasteiger partial charge >= 0.3 is 0 Å². The molecule has 1 rings (SSSR count). The SMILES string of the molecule is CCC1(C)CSC(=NC(C)CCS(C)=O)N1. The molecule has 3 atom stereocenters. The van der Waals surface area contributed by atoms with Crippen LogP contribution < -0.4 is 5.32 Å². The van der Waals surface area contributed by atoms with Crippen molar-refractivity contribution in [3.05, 3.63) is 0 Å². The number of nitrogens with one attached hydrogen (secondary N) is 1. The summed E-state index contributed by atoms with van der Waals surface area (Å²) in [6.07, 6.45) is 3.76. The second-order valence-electron chi connectivity index (χ2n) is 4.68. The Hall–Kier alpha value is -0.0300. The average molecular weight is 262 g/mol. The van der Waals surface area contributed by atoms with Gasteiger partial charge in [-0.1, -0.05) is 18.7 Å². The van der Waals surface area contributed by atoms with Crippen LogP contribution in [0.5, 0.6) is 0 Å². The van der Waals surface area contributed by atoms with Gasteiger partial charge < -0.3 is 5.32 Å². The van der Waals surface area contributed by atoms with Crippen molar-refractivity contribution in [2.24, 2.45) is 4.99 Å². The summed E-state index contributed by atoms with van der Waals surface area (Å²) < 4.78 is 11.0. The Morgan fingerprint density at radius 3 is 2.88 bits per heavy atom. The molecule has 0 radical (unpaired) electrons. The first-order valence-corrected chi connectivity index (χ1v) is 8.45. The minimum Gasteiger partial charge on any atom is -0.359 e. The van der Waals surface area contributed by atoms with Crippen LogP contribution in [-0.2, 0) is 10.8 Å². The van der Waals surface area contributed by atoms with Gasteiger partial charge in [-0.3, -0.25) is 9.20 Å². The van der Waals surface area contributed by atoms with E-state index in [0.29, 0.717) is 0 Å². The number of rotatable bonds is 5. The maximum absolute atomic E-state index is 11.0. The lowest BCUT2D eigenvalue weighted by Crippen LogP contribution is -2.39. The number of hydrogen-bond donors (Lipinski definition) is 1. The van der Waals surface area contributed by atoms with Crippen molar-refractivity contribution in [1.82, 2.24) is 5.32 Å². The molecule has 1 heterocycles. The minimum atomic E-state index is -0.703. The summed E-state index contributed by atoms with van der Waals surface area (Å²) in [5, 5.41) is 4.53. The zero-order valence-electron chi connectivity index (χ0n) is 10.6. The first kappa shape index (κ1) is 14.0. The highest BCUT2D eigenvalue weighted by atomic mass is 32.2. The van der Waals surface area contributed by atoms with Gasteiger partial charge in [-0.15, -0.1) is 0 Å². The van der Waals surface area contributed by atoms with Crippen LogP contribution in [0.15, 0.2) is 4.99 Å². The van der Waals surface area contributed by atoms with Crippen molar-refractivity contribution in [3.63, 3.8) is 0 Å². The molecule has 0 aliphatic carbocycles. The standard InChI is InChI=1S/C11H22N2OS2/c1-5-11(3)8-15-10(13-11)12-9(2)6-7-16(4)14/h9H,5-8H2,1-4H3,(H,12,13). The smallest absolute Gasteiger partial charge is 0.157 e. The number of hydrogen-bond acceptors (Lipinski definition) is 3. The van der Waals surface area contributed by atoms with Gasteiger partial charge in [0.15, 0.2) is 5.17 Å². The van der Waals surface area contributed by atoms with E-state index in [4.69, 9.17) is 0 Å². The van der Waals surface area contributed by atoms with Crippen LogP contribution >= 0.6 is 11.8 Å². The molecule has 0 saturated carbocycles. The van der Waals surface area contributed by atoms with Crippen LogP contribution in [0, 0.1) is 0 Å². The summed E-state index contributed by atoms with van der Waals surface area (Å²) >= 11 is 1.80. The molecule has 0 aromatic heterocycles. The summed E-state index contributed by atoms with van der Waals surface area (Å²) in [4.78, 5) is 4.63. The second-order valence-corrected chi connectivity index (χ2v) is 7.20. The van der Waals surface area contributed by atoms with Crippen molar-refractivity contribution >= 4 is 27.7 Å². The van der Waals surface area contributed by atoms with Crippen LogP contribution in [0.1, 0.15) is 33.6 Å². The Morgan fingerprint density at radius 1 is 1.69 bits per heavy atom. The second kappa shape index (κ2) is 6.05. The lowest BCUT2D eigenvalue weighted by molar-refractivity contribution is 0.465. The van der Waals surface area contributed by atoms with E-state index in [2.05, 4.69) is 31.1 Å². The maximum Gasteiger partial charge on any atom is 0.157 e. The molecule has 1 fully saturated rings. The molecule has 0 aromatic carbocycles. The Labute approximate surface area is 105 Å². The van der Waals surface area contributed by atoms with Gasteiger partial charge in [-0.05, 0) is 26.7 Å². The van der Waals surface area contributed by atoms with Gasteiger partial charge in [-0.2, -0.15) is 0 Å². The zero-order valence-corrected chi connectivity index (χ0v) is 12.2. The predicted octanol–water partition coefficient (Wildman–Crippen LogP) is 2.00. The topological polar surface area (TPSA) is 41.5 Å². The number of amidine groups is 1. The van der Waals surface area contributed by atoms with Crippen molar-refractivity contribution < 1.29 is 4.21 Å². The first-order valence-electron chi connectivity index (χ1n) is 5.74. The van der Waals surface area contributed by atoms with Crippen LogP contribution in [0.4, 0.5) is 0 Å². The van der Waals surface area contributed by atoms with Gasteiger partial charge in [0.2, 0.25) is 0 Å². The monoisotopic (exact) mass is 262 g/mol. The van der Waals surface area contributed by atoms with E-state index in [1.807, 2.05) is 0 Å². The molecule has 0 bridgehead atoms. The molecular formula is C11H22N2OS2. The number of thioether (sulfide) groups is 1. The fourth-order valence-corrected chi connectivity index (χ4v) is 3.40. The fraction of sp³-hybridized carbons (Fsp3) is 0.909. The van der Waals surface area contributed by atoms with Crippen LogP contribution in [0.2, 0.25) is 0 Å². The molecule has 94 valence electrons. The third kappa shape index (κ3) is 4.45. The van der Waals surface area contributed by atoms with Gasteiger partial charge in [-0.25, -0.2) is 0 Å². The summed E-state index contributed by atoms with van der Waals surface area (Å²) in [5.41, 5.74) is 0.205. The highest BCUT2D eigenvalue weighted by molar-refractivity contribution is 8.14. The van der Waals surface area contributed by atoms with E-state index in [9.17, 15) is 4.21 Å². The molecule has 3 nitrogen and oxygen atoms in total. The highest BCUT2D eigenvalue weighted by Crippen LogP contribution is 2.25. The van der Waals surface area contributed by atoms with Crippen molar-refractivity contribution in [2.45, 2.75) is 45.2 Å². The quantitative estimate of drug-likeness (QED) is 0.824. The Kier molecular flexibility index (Phi) is 5.31. The Balaban J connectivity index is 2.43. The first-order chi connectivity index (χ1) is 7.45. The van der Waals surface area contributed by atoms with Gasteiger partial charge in [0.1, 0.15) is 0 Å². The molecular weight excluding hydrogens is 240 g/mol. The highest BCUT2D eigenvalue weighted by Gasteiger charge is 2.30. The van der Waals surface area contributed by atoms with E-state index in [0.717, 1.165) is 29.5 Å². The van der Waals surface area contributed by atoms with Gasteiger partial charge in [0, 0.05) is 34.1 Å². The molecule has 1 N–H and O–H groups in total. The van der Waals surface area contributed by atoms with Crippen molar-refractivity contribution in [1.29, 1.82) is 0 Å². The number of nitrogens with zero attached hydrogens (tertiary/aromatic N) is 1. The van der Waals surface area contributed by atoms with E-state index >= 15 is 0 Å². The lowest BCUT2D eigenvalue weighted by atomic mass is 10.0. The summed E-state index contributed by atoms with van der Waals surface area (Å²) in [7, 11) is -0.703. The molecule has 5 heteroatoms. The third-order valence-corrected chi connectivity index (χ3v) is 4.95. The lowest BCUT2D eigenvalue weighted by Gasteiger charge is -2.21. The molecule has 1 saturated heterocycles. The minimum absolute atomic E-state index is 0.205. The third-order valence-electron chi connectivity index (χ3n) is 2.88. The van der Waals surface area contributed by atoms with E-state index in [1.165, 1.54) is 0 Å². The largest absolute Gasteiger partial charge is 0.359 e. The molecule has 1 aliphatic rings. The molecule has 0 spiro atoms. The molecule has 1 aliphatic heterocycles. The van der Waals surface area contributed by atoms with Gasteiger partial charge in [0.25, 0.3) is 0 Å². The van der Waals surface area contributed by atoms with Crippen LogP contribution in [0.3, 0.4) is 0 Å². The number of aliphatic imine (C=N–C) groups is 1. The maximum atomic E-state index is 11.0. The van der Waals surface area contributed by atoms with E-state index in [1.54, 1.807) is 18.0 Å². The molecule has 0 amide bonds. The van der Waals surface area contributed by atoms with Gasteiger partial charge in [0.05, 0.1) is 6.04 Å². The zero-order chi connectivity index (χ0) is 12.2. The average Bonchev–Trinajstić information content (AvgIpc) is 2.58. The van der Waals surface area contributed by atoms with E-state index in [-0.39, 0.29) is 11.6 Å². The molecule has 3 unspecified atom stereocenters. The van der Waals surface area contributed by atoms with Crippen LogP contribution in [-0.4, -0.2) is 38.7 Å². The molecule has 0 aromatic rings. The normalized spacial score (nSPS) is 31.4. The Bertz CT molecular complexity index is 294. The van der Waals surface area contributed by atoms with Crippen LogP contribution in [0.25, 0.3) is 0 Å². The summed E-state index contributed by atoms with van der Waals surface area (Å²) in [6, 6.07) is 0.262. The summed E-state index contributed by atoms with van der Waals surface area (Å²) in [5.74, 6) is 1.84. The van der Waals surface area contributed by atoms with Crippen molar-refractivity contribution in [2.75, 3.05) is 17.8 Å². The molecule has 16 heavy (non-hydrogen) atoms. The Morgan fingerprint density at radius 2 is 2.38 bits per heavy atom. The van der Waals surface area contributed by atoms with Crippen molar-refractivity contribution in [3.8, 4) is 0 Å². The fourth-order valence-electron chi connectivity index (χ4n) is 1.42. The van der Waals surface area contributed by atoms with E-state index < -0.39 is 10.8 Å². The summed E-state index contributed by atoms with van der Waals surface area (Å²) in [6.45, 7) is 6.51.